The molecule has 3 amide bonds. The predicted molar refractivity (Wildman–Crippen MR) is 110 cm³/mol. The summed E-state index contributed by atoms with van der Waals surface area (Å²) < 4.78 is 13.0. The molecule has 28 heavy (non-hydrogen) atoms. The van der Waals surface area contributed by atoms with Crippen LogP contribution >= 0.6 is 23.1 Å². The Morgan fingerprint density at radius 3 is 2.79 bits per heavy atom. The SMILES string of the molecule is O=C(CSc1nc2ccccc2s1)NC(=O)Nc1ccc2c(c1)OCCCO2. The Morgan fingerprint density at radius 1 is 1.11 bits per heavy atom. The molecular formula is C19H17N3O4S2. The number of amides is 3. The average molecular weight is 415 g/mol. The van der Waals surface area contributed by atoms with Crippen LogP contribution in [0.5, 0.6) is 11.5 Å². The Labute approximate surface area is 169 Å². The van der Waals surface area contributed by atoms with Crippen molar-refractivity contribution in [2.45, 2.75) is 10.8 Å². The van der Waals surface area contributed by atoms with E-state index in [-0.39, 0.29) is 5.75 Å². The van der Waals surface area contributed by atoms with Crippen molar-refractivity contribution >= 4 is 50.9 Å². The molecule has 2 heterocycles. The zero-order valence-corrected chi connectivity index (χ0v) is 16.4. The molecule has 2 N–H and O–H groups in total. The fourth-order valence-corrected chi connectivity index (χ4v) is 4.47. The highest BCUT2D eigenvalue weighted by atomic mass is 32.2. The van der Waals surface area contributed by atoms with E-state index in [1.807, 2.05) is 24.3 Å². The second-order valence-corrected chi connectivity index (χ2v) is 8.20. The Morgan fingerprint density at radius 2 is 1.93 bits per heavy atom. The first kappa shape index (κ1) is 18.6. The maximum Gasteiger partial charge on any atom is 0.325 e. The number of imide groups is 1. The van der Waals surface area contributed by atoms with Crippen LogP contribution in [0, 0.1) is 0 Å². The molecule has 0 unspecified atom stereocenters. The van der Waals surface area contributed by atoms with Crippen LogP contribution in [0.25, 0.3) is 10.2 Å². The topological polar surface area (TPSA) is 89.6 Å². The van der Waals surface area contributed by atoms with Crippen molar-refractivity contribution in [3.63, 3.8) is 0 Å². The Bertz CT molecular complexity index is 988. The molecule has 1 aromatic heterocycles. The molecule has 144 valence electrons. The van der Waals surface area contributed by atoms with Crippen LogP contribution < -0.4 is 20.1 Å². The number of carbonyl (C=O) groups is 2. The van der Waals surface area contributed by atoms with E-state index in [0.29, 0.717) is 30.4 Å². The number of anilines is 1. The van der Waals surface area contributed by atoms with Gasteiger partial charge in [-0.1, -0.05) is 23.9 Å². The smallest absolute Gasteiger partial charge is 0.325 e. The molecule has 2 aromatic carbocycles. The molecule has 1 aliphatic rings. The molecule has 0 radical (unpaired) electrons. The summed E-state index contributed by atoms with van der Waals surface area (Å²) in [6.45, 7) is 1.16. The highest BCUT2D eigenvalue weighted by Gasteiger charge is 2.14. The fraction of sp³-hybridized carbons (Fsp3) is 0.211. The zero-order valence-electron chi connectivity index (χ0n) is 14.8. The number of para-hydroxylation sites is 1. The van der Waals surface area contributed by atoms with Crippen molar-refractivity contribution in [1.82, 2.24) is 10.3 Å². The third-order valence-corrected chi connectivity index (χ3v) is 6.04. The van der Waals surface area contributed by atoms with E-state index in [4.69, 9.17) is 9.47 Å². The van der Waals surface area contributed by atoms with Crippen molar-refractivity contribution in [2.75, 3.05) is 24.3 Å². The Hall–Kier alpha value is -2.78. The van der Waals surface area contributed by atoms with E-state index in [0.717, 1.165) is 21.0 Å². The van der Waals surface area contributed by atoms with Crippen molar-refractivity contribution in [1.29, 1.82) is 0 Å². The van der Waals surface area contributed by atoms with Crippen LogP contribution in [-0.4, -0.2) is 35.9 Å². The number of carbonyl (C=O) groups excluding carboxylic acids is 2. The lowest BCUT2D eigenvalue weighted by atomic mass is 10.3. The molecule has 1 aliphatic heterocycles. The van der Waals surface area contributed by atoms with E-state index in [1.54, 1.807) is 18.2 Å². The molecule has 0 aliphatic carbocycles. The number of ether oxygens (including phenoxy) is 2. The van der Waals surface area contributed by atoms with Crippen LogP contribution in [0.4, 0.5) is 10.5 Å². The van der Waals surface area contributed by atoms with E-state index >= 15 is 0 Å². The van der Waals surface area contributed by atoms with Gasteiger partial charge in [0, 0.05) is 18.2 Å². The minimum absolute atomic E-state index is 0.106. The van der Waals surface area contributed by atoms with Gasteiger partial charge in [0.25, 0.3) is 0 Å². The van der Waals surface area contributed by atoms with Crippen molar-refractivity contribution < 1.29 is 19.1 Å². The number of rotatable bonds is 4. The molecular weight excluding hydrogens is 398 g/mol. The van der Waals surface area contributed by atoms with Gasteiger partial charge >= 0.3 is 6.03 Å². The monoisotopic (exact) mass is 415 g/mol. The number of urea groups is 1. The molecule has 3 aromatic rings. The van der Waals surface area contributed by atoms with Crippen LogP contribution in [-0.2, 0) is 4.79 Å². The average Bonchev–Trinajstić information content (AvgIpc) is 2.96. The summed E-state index contributed by atoms with van der Waals surface area (Å²) in [4.78, 5) is 28.6. The van der Waals surface area contributed by atoms with Crippen molar-refractivity contribution in [3.8, 4) is 11.5 Å². The van der Waals surface area contributed by atoms with Gasteiger partial charge in [0.05, 0.1) is 29.2 Å². The maximum absolute atomic E-state index is 12.1. The van der Waals surface area contributed by atoms with Gasteiger partial charge in [-0.15, -0.1) is 11.3 Å². The number of nitrogens with one attached hydrogen (secondary N) is 2. The number of hydrogen-bond donors (Lipinski definition) is 2. The first-order valence-electron chi connectivity index (χ1n) is 8.66. The predicted octanol–water partition coefficient (Wildman–Crippen LogP) is 3.90. The van der Waals surface area contributed by atoms with Crippen LogP contribution in [0.1, 0.15) is 6.42 Å². The summed E-state index contributed by atoms with van der Waals surface area (Å²) in [5.41, 5.74) is 1.43. The van der Waals surface area contributed by atoms with Gasteiger partial charge in [0.15, 0.2) is 15.8 Å². The number of benzene rings is 2. The van der Waals surface area contributed by atoms with Crippen LogP contribution in [0.3, 0.4) is 0 Å². The van der Waals surface area contributed by atoms with Crippen molar-refractivity contribution in [3.05, 3.63) is 42.5 Å². The summed E-state index contributed by atoms with van der Waals surface area (Å²) in [5, 5.41) is 4.95. The standard InChI is InChI=1S/C19H17N3O4S2/c23-17(11-27-19-21-13-4-1-2-5-16(13)28-19)22-18(24)20-12-6-7-14-15(10-12)26-9-3-8-25-14/h1-2,4-7,10H,3,8-9,11H2,(H2,20,22,23,24). The van der Waals surface area contributed by atoms with Crippen LogP contribution in [0.2, 0.25) is 0 Å². The van der Waals surface area contributed by atoms with Crippen LogP contribution in [0.15, 0.2) is 46.8 Å². The summed E-state index contributed by atoms with van der Waals surface area (Å²) in [7, 11) is 0. The molecule has 4 rings (SSSR count). The second-order valence-electron chi connectivity index (χ2n) is 5.95. The first-order valence-corrected chi connectivity index (χ1v) is 10.5. The summed E-state index contributed by atoms with van der Waals surface area (Å²) >= 11 is 2.82. The maximum atomic E-state index is 12.1. The van der Waals surface area contributed by atoms with Gasteiger partial charge in [-0.05, 0) is 24.3 Å². The number of thioether (sulfide) groups is 1. The van der Waals surface area contributed by atoms with Gasteiger partial charge in [-0.25, -0.2) is 9.78 Å². The highest BCUT2D eigenvalue weighted by molar-refractivity contribution is 8.01. The second kappa shape index (κ2) is 8.49. The lowest BCUT2D eigenvalue weighted by Gasteiger charge is -2.10. The third kappa shape index (κ3) is 4.55. The van der Waals surface area contributed by atoms with Gasteiger partial charge < -0.3 is 14.8 Å². The first-order chi connectivity index (χ1) is 13.7. The van der Waals surface area contributed by atoms with Gasteiger partial charge in [-0.3, -0.25) is 10.1 Å². The minimum atomic E-state index is -0.593. The van der Waals surface area contributed by atoms with E-state index in [9.17, 15) is 9.59 Å². The zero-order chi connectivity index (χ0) is 19.3. The van der Waals surface area contributed by atoms with Gasteiger partial charge in [0.1, 0.15) is 0 Å². The molecule has 0 spiro atoms. The molecule has 0 atom stereocenters. The molecule has 0 fully saturated rings. The van der Waals surface area contributed by atoms with E-state index < -0.39 is 11.9 Å². The highest BCUT2D eigenvalue weighted by Crippen LogP contribution is 2.32. The quantitative estimate of drug-likeness (QED) is 0.628. The number of thiazole rings is 1. The van der Waals surface area contributed by atoms with Gasteiger partial charge in [0.2, 0.25) is 5.91 Å². The molecule has 0 bridgehead atoms. The summed E-state index contributed by atoms with van der Waals surface area (Å²) in [5.74, 6) is 0.935. The lowest BCUT2D eigenvalue weighted by Crippen LogP contribution is -2.35. The lowest BCUT2D eigenvalue weighted by molar-refractivity contribution is -0.117. The van der Waals surface area contributed by atoms with E-state index in [2.05, 4.69) is 15.6 Å². The Kier molecular flexibility index (Phi) is 5.63. The Balaban J connectivity index is 1.29. The van der Waals surface area contributed by atoms with E-state index in [1.165, 1.54) is 23.1 Å². The number of nitrogens with zero attached hydrogens (tertiary/aromatic N) is 1. The molecule has 9 heteroatoms. The number of fused-ring (bicyclic) bond motifs is 2. The fourth-order valence-electron chi connectivity index (χ4n) is 2.61. The molecule has 0 saturated heterocycles. The molecule has 0 saturated carbocycles. The molecule has 7 nitrogen and oxygen atoms in total. The number of hydrogen-bond acceptors (Lipinski definition) is 7. The van der Waals surface area contributed by atoms with Crippen molar-refractivity contribution in [2.24, 2.45) is 0 Å². The minimum Gasteiger partial charge on any atom is -0.490 e. The number of aromatic nitrogens is 1. The van der Waals surface area contributed by atoms with Gasteiger partial charge in [-0.2, -0.15) is 0 Å². The summed E-state index contributed by atoms with van der Waals surface area (Å²) in [6.07, 6.45) is 0.804. The third-order valence-electron chi connectivity index (χ3n) is 3.86. The summed E-state index contributed by atoms with van der Waals surface area (Å²) in [6, 6.07) is 12.3. The normalized spacial score (nSPS) is 13.0. The largest absolute Gasteiger partial charge is 0.490 e.